The van der Waals surface area contributed by atoms with Crippen LogP contribution in [0.25, 0.3) is 0 Å². The fourth-order valence-electron chi connectivity index (χ4n) is 1.79. The van der Waals surface area contributed by atoms with Crippen LogP contribution < -0.4 is 10.6 Å². The number of anilines is 1. The van der Waals surface area contributed by atoms with Gasteiger partial charge >= 0.3 is 0 Å². The average Bonchev–Trinajstić information content (AvgIpc) is 2.85. The van der Waals surface area contributed by atoms with Gasteiger partial charge in [0.1, 0.15) is 5.76 Å². The largest absolute Gasteiger partial charge is 0.360 e. The summed E-state index contributed by atoms with van der Waals surface area (Å²) in [5.74, 6) is 0.684. The van der Waals surface area contributed by atoms with Gasteiger partial charge in [0.15, 0.2) is 5.82 Å². The van der Waals surface area contributed by atoms with Gasteiger partial charge in [0.05, 0.1) is 6.42 Å². The highest BCUT2D eigenvalue weighted by atomic mass is 16.5. The fraction of sp³-hybridized carbons (Fsp3) is 0.267. The standard InChI is InChI=1S/C15H17N3O3/c1-11-9-13(18-21-11)17-14(19)7-8-16-15(20)10-12-5-3-2-4-6-12/h2-6,9H,7-8,10H2,1H3,(H,16,20)(H,17,18,19). The molecule has 0 atom stereocenters. The van der Waals surface area contributed by atoms with Crippen LogP contribution in [-0.2, 0) is 16.0 Å². The molecule has 6 heteroatoms. The molecule has 0 fully saturated rings. The smallest absolute Gasteiger partial charge is 0.227 e. The minimum atomic E-state index is -0.219. The molecule has 6 nitrogen and oxygen atoms in total. The van der Waals surface area contributed by atoms with Gasteiger partial charge < -0.3 is 15.2 Å². The number of nitrogens with zero attached hydrogens (tertiary/aromatic N) is 1. The molecule has 0 bridgehead atoms. The Labute approximate surface area is 122 Å². The number of amides is 2. The van der Waals surface area contributed by atoms with Crippen LogP contribution in [0.4, 0.5) is 5.82 Å². The molecule has 2 rings (SSSR count). The van der Waals surface area contributed by atoms with E-state index in [2.05, 4.69) is 15.8 Å². The molecular formula is C15H17N3O3. The van der Waals surface area contributed by atoms with Crippen molar-refractivity contribution in [3.63, 3.8) is 0 Å². The van der Waals surface area contributed by atoms with Gasteiger partial charge in [-0.1, -0.05) is 35.5 Å². The van der Waals surface area contributed by atoms with Crippen LogP contribution in [0.15, 0.2) is 40.9 Å². The molecule has 0 saturated heterocycles. The Morgan fingerprint density at radius 3 is 2.62 bits per heavy atom. The Balaban J connectivity index is 1.67. The lowest BCUT2D eigenvalue weighted by Crippen LogP contribution is -2.28. The summed E-state index contributed by atoms with van der Waals surface area (Å²) in [6, 6.07) is 11.1. The maximum Gasteiger partial charge on any atom is 0.227 e. The molecule has 21 heavy (non-hydrogen) atoms. The molecule has 0 unspecified atom stereocenters. The third kappa shape index (κ3) is 5.10. The molecule has 0 spiro atoms. The first-order chi connectivity index (χ1) is 10.1. The maximum atomic E-state index is 11.7. The van der Waals surface area contributed by atoms with Gasteiger partial charge in [-0.2, -0.15) is 0 Å². The normalized spacial score (nSPS) is 10.1. The van der Waals surface area contributed by atoms with Gasteiger partial charge in [-0.05, 0) is 12.5 Å². The van der Waals surface area contributed by atoms with E-state index in [1.807, 2.05) is 30.3 Å². The van der Waals surface area contributed by atoms with E-state index < -0.39 is 0 Å². The fourth-order valence-corrected chi connectivity index (χ4v) is 1.79. The lowest BCUT2D eigenvalue weighted by atomic mass is 10.1. The van der Waals surface area contributed by atoms with Gasteiger partial charge in [-0.15, -0.1) is 0 Å². The van der Waals surface area contributed by atoms with Crippen molar-refractivity contribution in [1.82, 2.24) is 10.5 Å². The Bertz CT molecular complexity index is 608. The Hall–Kier alpha value is -2.63. The van der Waals surface area contributed by atoms with Crippen molar-refractivity contribution in [2.24, 2.45) is 0 Å². The lowest BCUT2D eigenvalue weighted by Gasteiger charge is -2.05. The molecular weight excluding hydrogens is 270 g/mol. The summed E-state index contributed by atoms with van der Waals surface area (Å²) in [4.78, 5) is 23.3. The quantitative estimate of drug-likeness (QED) is 0.846. The minimum absolute atomic E-state index is 0.105. The van der Waals surface area contributed by atoms with E-state index >= 15 is 0 Å². The maximum absolute atomic E-state index is 11.7. The van der Waals surface area contributed by atoms with E-state index in [0.717, 1.165) is 5.56 Å². The van der Waals surface area contributed by atoms with Crippen molar-refractivity contribution in [1.29, 1.82) is 0 Å². The molecule has 0 aliphatic carbocycles. The molecule has 2 N–H and O–H groups in total. The van der Waals surface area contributed by atoms with E-state index in [1.54, 1.807) is 13.0 Å². The topological polar surface area (TPSA) is 84.2 Å². The summed E-state index contributed by atoms with van der Waals surface area (Å²) in [6.45, 7) is 2.03. The third-order valence-corrected chi connectivity index (χ3v) is 2.78. The third-order valence-electron chi connectivity index (χ3n) is 2.78. The van der Waals surface area contributed by atoms with Crippen molar-refractivity contribution in [3.05, 3.63) is 47.7 Å². The van der Waals surface area contributed by atoms with Crippen LogP contribution in [0.5, 0.6) is 0 Å². The molecule has 1 aromatic carbocycles. The minimum Gasteiger partial charge on any atom is -0.360 e. The van der Waals surface area contributed by atoms with Crippen molar-refractivity contribution in [2.45, 2.75) is 19.8 Å². The van der Waals surface area contributed by atoms with Crippen molar-refractivity contribution >= 4 is 17.6 Å². The second kappa shape index (κ2) is 7.23. The van der Waals surface area contributed by atoms with Gasteiger partial charge in [0, 0.05) is 19.0 Å². The number of hydrogen-bond acceptors (Lipinski definition) is 4. The molecule has 110 valence electrons. The number of nitrogens with one attached hydrogen (secondary N) is 2. The predicted molar refractivity (Wildman–Crippen MR) is 77.6 cm³/mol. The lowest BCUT2D eigenvalue weighted by molar-refractivity contribution is -0.120. The second-order valence-electron chi connectivity index (χ2n) is 4.63. The SMILES string of the molecule is Cc1cc(NC(=O)CCNC(=O)Cc2ccccc2)no1. The molecule has 0 saturated carbocycles. The molecule has 0 aliphatic rings. The number of aromatic nitrogens is 1. The van der Waals surface area contributed by atoms with Gasteiger partial charge in [0.2, 0.25) is 11.8 Å². The van der Waals surface area contributed by atoms with Gasteiger partial charge in [-0.3, -0.25) is 9.59 Å². The van der Waals surface area contributed by atoms with Gasteiger partial charge in [-0.25, -0.2) is 0 Å². The first kappa shape index (κ1) is 14.8. The second-order valence-corrected chi connectivity index (χ2v) is 4.63. The van der Waals surface area contributed by atoms with Crippen LogP contribution in [0.2, 0.25) is 0 Å². The highest BCUT2D eigenvalue weighted by molar-refractivity contribution is 5.90. The molecule has 0 radical (unpaired) electrons. The first-order valence-corrected chi connectivity index (χ1v) is 6.67. The van der Waals surface area contributed by atoms with Crippen LogP contribution >= 0.6 is 0 Å². The zero-order chi connectivity index (χ0) is 15.1. The number of hydrogen-bond donors (Lipinski definition) is 2. The van der Waals surface area contributed by atoms with Crippen molar-refractivity contribution < 1.29 is 14.1 Å². The molecule has 0 aliphatic heterocycles. The number of rotatable bonds is 6. The number of carbonyl (C=O) groups excluding carboxylic acids is 2. The number of benzene rings is 1. The van der Waals surface area contributed by atoms with Crippen LogP contribution in [0.3, 0.4) is 0 Å². The summed E-state index contributed by atoms with van der Waals surface area (Å²) < 4.78 is 4.84. The molecule has 1 aromatic heterocycles. The highest BCUT2D eigenvalue weighted by Gasteiger charge is 2.07. The summed E-state index contributed by atoms with van der Waals surface area (Å²) >= 11 is 0. The van der Waals surface area contributed by atoms with E-state index in [0.29, 0.717) is 18.0 Å². The Morgan fingerprint density at radius 2 is 1.95 bits per heavy atom. The predicted octanol–water partition coefficient (Wildman–Crippen LogP) is 1.67. The summed E-state index contributed by atoms with van der Waals surface area (Å²) in [5, 5.41) is 8.96. The zero-order valence-electron chi connectivity index (χ0n) is 11.8. The zero-order valence-corrected chi connectivity index (χ0v) is 11.8. The first-order valence-electron chi connectivity index (χ1n) is 6.67. The molecule has 2 aromatic rings. The van der Waals surface area contributed by atoms with E-state index in [4.69, 9.17) is 4.52 Å². The van der Waals surface area contributed by atoms with E-state index in [1.165, 1.54) is 0 Å². The summed E-state index contributed by atoms with van der Waals surface area (Å²) in [7, 11) is 0. The van der Waals surface area contributed by atoms with Crippen molar-refractivity contribution in [2.75, 3.05) is 11.9 Å². The van der Waals surface area contributed by atoms with E-state index in [-0.39, 0.29) is 24.8 Å². The molecule has 2 amide bonds. The van der Waals surface area contributed by atoms with Crippen molar-refractivity contribution in [3.8, 4) is 0 Å². The van der Waals surface area contributed by atoms with E-state index in [9.17, 15) is 9.59 Å². The Kier molecular flexibility index (Phi) is 5.09. The highest BCUT2D eigenvalue weighted by Crippen LogP contribution is 2.07. The monoisotopic (exact) mass is 287 g/mol. The Morgan fingerprint density at radius 1 is 1.19 bits per heavy atom. The number of aryl methyl sites for hydroxylation is 1. The summed E-state index contributed by atoms with van der Waals surface area (Å²) in [6.07, 6.45) is 0.497. The average molecular weight is 287 g/mol. The number of carbonyl (C=O) groups is 2. The van der Waals surface area contributed by atoms with Crippen LogP contribution in [0, 0.1) is 6.92 Å². The van der Waals surface area contributed by atoms with Gasteiger partial charge in [0.25, 0.3) is 0 Å². The van der Waals surface area contributed by atoms with Crippen LogP contribution in [0.1, 0.15) is 17.7 Å². The van der Waals surface area contributed by atoms with Crippen LogP contribution in [-0.4, -0.2) is 23.5 Å². The summed E-state index contributed by atoms with van der Waals surface area (Å²) in [5.41, 5.74) is 0.942. The molecule has 1 heterocycles.